The topological polar surface area (TPSA) is 84.9 Å². The number of fused-ring (bicyclic) bond motifs is 1. The fraction of sp³-hybridized carbons (Fsp3) is 0.423. The third-order valence-corrected chi connectivity index (χ3v) is 6.58. The van der Waals surface area contributed by atoms with Gasteiger partial charge in [0.1, 0.15) is 17.1 Å². The SMILES string of the molecule is CCCC1(C(=O)OCC)NC(c2ccccc2F)C2C(=O)N(c3ccc(OCC)cc3)C(=O)C21. The minimum absolute atomic E-state index is 0.123. The number of benzene rings is 2. The van der Waals surface area contributed by atoms with Crippen LogP contribution in [-0.2, 0) is 19.1 Å². The summed E-state index contributed by atoms with van der Waals surface area (Å²) < 4.78 is 25.7. The molecule has 0 radical (unpaired) electrons. The highest BCUT2D eigenvalue weighted by atomic mass is 19.1. The smallest absolute Gasteiger partial charge is 0.327 e. The largest absolute Gasteiger partial charge is 0.494 e. The van der Waals surface area contributed by atoms with Crippen molar-refractivity contribution in [1.82, 2.24) is 5.32 Å². The Balaban J connectivity index is 1.83. The van der Waals surface area contributed by atoms with Crippen LogP contribution in [0, 0.1) is 17.7 Å². The van der Waals surface area contributed by atoms with Crippen molar-refractivity contribution in [1.29, 1.82) is 0 Å². The minimum Gasteiger partial charge on any atom is -0.494 e. The fourth-order valence-corrected chi connectivity index (χ4v) is 5.28. The quantitative estimate of drug-likeness (QED) is 0.469. The van der Waals surface area contributed by atoms with Crippen molar-refractivity contribution >= 4 is 23.5 Å². The monoisotopic (exact) mass is 468 g/mol. The number of hydrogen-bond acceptors (Lipinski definition) is 6. The molecule has 0 spiro atoms. The predicted octanol–water partition coefficient (Wildman–Crippen LogP) is 3.78. The molecule has 8 heteroatoms. The first-order valence-electron chi connectivity index (χ1n) is 11.7. The number of carbonyl (C=O) groups excluding carboxylic acids is 3. The minimum atomic E-state index is -1.44. The van der Waals surface area contributed by atoms with Gasteiger partial charge < -0.3 is 9.47 Å². The Morgan fingerprint density at radius 2 is 1.74 bits per heavy atom. The second-order valence-corrected chi connectivity index (χ2v) is 8.53. The summed E-state index contributed by atoms with van der Waals surface area (Å²) in [5.41, 5.74) is -0.807. The molecule has 2 aromatic rings. The van der Waals surface area contributed by atoms with Gasteiger partial charge in [0.2, 0.25) is 11.8 Å². The fourth-order valence-electron chi connectivity index (χ4n) is 5.28. The van der Waals surface area contributed by atoms with Crippen LogP contribution in [0.3, 0.4) is 0 Å². The van der Waals surface area contributed by atoms with Crippen LogP contribution in [-0.4, -0.2) is 36.5 Å². The van der Waals surface area contributed by atoms with Gasteiger partial charge in [-0.2, -0.15) is 0 Å². The Kier molecular flexibility index (Phi) is 6.70. The highest BCUT2D eigenvalue weighted by Crippen LogP contribution is 2.52. The molecule has 0 aliphatic carbocycles. The van der Waals surface area contributed by atoms with Gasteiger partial charge in [0.05, 0.1) is 30.7 Å². The van der Waals surface area contributed by atoms with E-state index in [0.717, 1.165) is 4.90 Å². The van der Waals surface area contributed by atoms with Crippen molar-refractivity contribution in [2.75, 3.05) is 18.1 Å². The molecule has 2 amide bonds. The van der Waals surface area contributed by atoms with Crippen LogP contribution in [0.1, 0.15) is 45.2 Å². The molecule has 2 heterocycles. The van der Waals surface area contributed by atoms with E-state index in [2.05, 4.69) is 5.32 Å². The summed E-state index contributed by atoms with van der Waals surface area (Å²) in [4.78, 5) is 41.9. The van der Waals surface area contributed by atoms with Crippen molar-refractivity contribution in [2.24, 2.45) is 11.8 Å². The second-order valence-electron chi connectivity index (χ2n) is 8.53. The summed E-state index contributed by atoms with van der Waals surface area (Å²) in [5.74, 6) is -3.42. The number of amides is 2. The third-order valence-electron chi connectivity index (χ3n) is 6.58. The van der Waals surface area contributed by atoms with Gasteiger partial charge in [-0.1, -0.05) is 31.5 Å². The van der Waals surface area contributed by atoms with E-state index in [4.69, 9.17) is 9.47 Å². The van der Waals surface area contributed by atoms with Crippen LogP contribution >= 0.6 is 0 Å². The van der Waals surface area contributed by atoms with E-state index in [-0.39, 0.29) is 18.6 Å². The molecule has 0 aromatic heterocycles. The zero-order valence-corrected chi connectivity index (χ0v) is 19.5. The van der Waals surface area contributed by atoms with Crippen LogP contribution in [0.5, 0.6) is 5.75 Å². The van der Waals surface area contributed by atoms with Crippen molar-refractivity contribution in [3.8, 4) is 5.75 Å². The van der Waals surface area contributed by atoms with Gasteiger partial charge in [0, 0.05) is 11.6 Å². The van der Waals surface area contributed by atoms with E-state index < -0.39 is 47.0 Å². The van der Waals surface area contributed by atoms with Crippen LogP contribution < -0.4 is 15.0 Å². The van der Waals surface area contributed by atoms with Crippen LogP contribution in [0.15, 0.2) is 48.5 Å². The molecule has 180 valence electrons. The molecule has 0 saturated carbocycles. The molecule has 7 nitrogen and oxygen atoms in total. The van der Waals surface area contributed by atoms with Gasteiger partial charge in [0.15, 0.2) is 0 Å². The van der Waals surface area contributed by atoms with Crippen LogP contribution in [0.25, 0.3) is 0 Å². The molecule has 0 bridgehead atoms. The summed E-state index contributed by atoms with van der Waals surface area (Å²) in [6, 6.07) is 11.9. The van der Waals surface area contributed by atoms with E-state index in [1.54, 1.807) is 49.4 Å². The number of anilines is 1. The normalized spacial score (nSPS) is 26.0. The number of ether oxygens (including phenoxy) is 2. The van der Waals surface area contributed by atoms with Crippen molar-refractivity contribution < 1.29 is 28.2 Å². The van der Waals surface area contributed by atoms with Gasteiger partial charge in [-0.3, -0.25) is 19.7 Å². The highest BCUT2D eigenvalue weighted by Gasteiger charge is 2.68. The van der Waals surface area contributed by atoms with E-state index in [1.165, 1.54) is 6.07 Å². The van der Waals surface area contributed by atoms with E-state index in [9.17, 15) is 18.8 Å². The lowest BCUT2D eigenvalue weighted by Gasteiger charge is -2.32. The molecule has 2 fully saturated rings. The van der Waals surface area contributed by atoms with E-state index in [0.29, 0.717) is 24.5 Å². The number of nitrogens with one attached hydrogen (secondary N) is 1. The molecule has 2 aliphatic rings. The molecule has 2 saturated heterocycles. The molecule has 1 N–H and O–H groups in total. The molecule has 4 rings (SSSR count). The molecular formula is C26H29FN2O5. The summed E-state index contributed by atoms with van der Waals surface area (Å²) in [7, 11) is 0. The Bertz CT molecular complexity index is 1090. The number of hydrogen-bond donors (Lipinski definition) is 1. The van der Waals surface area contributed by atoms with Crippen molar-refractivity contribution in [3.63, 3.8) is 0 Å². The average Bonchev–Trinajstić information content (AvgIpc) is 3.30. The highest BCUT2D eigenvalue weighted by molar-refractivity contribution is 6.24. The summed E-state index contributed by atoms with van der Waals surface area (Å²) in [6.45, 7) is 6.05. The van der Waals surface area contributed by atoms with Crippen LogP contribution in [0.4, 0.5) is 10.1 Å². The van der Waals surface area contributed by atoms with Crippen molar-refractivity contribution in [2.45, 2.75) is 45.2 Å². The number of esters is 1. The number of rotatable bonds is 8. The van der Waals surface area contributed by atoms with Gasteiger partial charge in [-0.15, -0.1) is 0 Å². The molecular weight excluding hydrogens is 439 g/mol. The Morgan fingerprint density at radius 3 is 2.35 bits per heavy atom. The van der Waals surface area contributed by atoms with E-state index >= 15 is 0 Å². The first-order valence-corrected chi connectivity index (χ1v) is 11.7. The van der Waals surface area contributed by atoms with Gasteiger partial charge in [-0.25, -0.2) is 9.29 Å². The number of imide groups is 1. The van der Waals surface area contributed by atoms with Crippen molar-refractivity contribution in [3.05, 3.63) is 59.9 Å². The molecule has 4 unspecified atom stereocenters. The standard InChI is InChI=1S/C26H29FN2O5/c1-4-15-26(25(32)34-6-3)21-20(22(28-26)18-9-7-8-10-19(18)27)23(30)29(24(21)31)16-11-13-17(14-12-16)33-5-2/h7-14,20-22,28H,4-6,15H2,1-3H3. The van der Waals surface area contributed by atoms with Crippen LogP contribution in [0.2, 0.25) is 0 Å². The summed E-state index contributed by atoms with van der Waals surface area (Å²) in [6.07, 6.45) is 0.831. The van der Waals surface area contributed by atoms with Gasteiger partial charge >= 0.3 is 5.97 Å². The lowest BCUT2D eigenvalue weighted by Crippen LogP contribution is -2.56. The lowest BCUT2D eigenvalue weighted by atomic mass is 9.77. The third kappa shape index (κ3) is 3.76. The predicted molar refractivity (Wildman–Crippen MR) is 124 cm³/mol. The molecule has 2 aromatic carbocycles. The first kappa shape index (κ1) is 23.9. The number of nitrogens with zero attached hydrogens (tertiary/aromatic N) is 1. The maximum atomic E-state index is 14.9. The molecule has 4 atom stereocenters. The van der Waals surface area contributed by atoms with Gasteiger partial charge in [0.25, 0.3) is 0 Å². The maximum absolute atomic E-state index is 14.9. The average molecular weight is 469 g/mol. The first-order chi connectivity index (χ1) is 16.4. The van der Waals surface area contributed by atoms with E-state index in [1.807, 2.05) is 13.8 Å². The summed E-state index contributed by atoms with van der Waals surface area (Å²) >= 11 is 0. The Labute approximate surface area is 198 Å². The number of carbonyl (C=O) groups is 3. The Morgan fingerprint density at radius 1 is 1.03 bits per heavy atom. The maximum Gasteiger partial charge on any atom is 0.327 e. The Hall–Kier alpha value is -3.26. The molecule has 34 heavy (non-hydrogen) atoms. The zero-order valence-electron chi connectivity index (χ0n) is 19.5. The molecule has 2 aliphatic heterocycles. The zero-order chi connectivity index (χ0) is 24.5. The summed E-state index contributed by atoms with van der Waals surface area (Å²) in [5, 5.41) is 3.20. The van der Waals surface area contributed by atoms with Gasteiger partial charge in [-0.05, 0) is 50.6 Å². The number of halogens is 1. The lowest BCUT2D eigenvalue weighted by molar-refractivity contribution is -0.155. The second kappa shape index (κ2) is 9.54.